The van der Waals surface area contributed by atoms with Crippen molar-refractivity contribution in [3.05, 3.63) is 35.4 Å². The number of thioether (sulfide) groups is 1. The van der Waals surface area contributed by atoms with Crippen LogP contribution in [0.4, 0.5) is 13.2 Å². The predicted molar refractivity (Wildman–Crippen MR) is 80.2 cm³/mol. The van der Waals surface area contributed by atoms with Crippen LogP contribution < -0.4 is 5.32 Å². The highest BCUT2D eigenvalue weighted by molar-refractivity contribution is 7.99. The molecule has 0 aliphatic rings. The molecule has 0 aliphatic carbocycles. The minimum atomic E-state index is -4.26. The second-order valence-corrected chi connectivity index (χ2v) is 6.39. The van der Waals surface area contributed by atoms with E-state index in [1.54, 1.807) is 12.1 Å². The van der Waals surface area contributed by atoms with Crippen molar-refractivity contribution in [2.75, 3.05) is 18.6 Å². The number of alkyl halides is 3. The molecular formula is C15H22F3NS. The Hall–Kier alpha value is -0.680. The number of benzene rings is 1. The molecule has 1 atom stereocenters. The fraction of sp³-hybridized carbons (Fsp3) is 0.600. The van der Waals surface area contributed by atoms with Gasteiger partial charge in [-0.25, -0.2) is 0 Å². The molecule has 0 spiro atoms. The zero-order chi connectivity index (χ0) is 15.2. The summed E-state index contributed by atoms with van der Waals surface area (Å²) in [6, 6.07) is 5.74. The Morgan fingerprint density at radius 1 is 1.10 bits per heavy atom. The number of hydrogen-bond donors (Lipinski definition) is 1. The number of hydrogen-bond acceptors (Lipinski definition) is 2. The monoisotopic (exact) mass is 305 g/mol. The normalized spacial score (nSPS) is 13.8. The fourth-order valence-electron chi connectivity index (χ4n) is 1.80. The van der Waals surface area contributed by atoms with E-state index in [1.165, 1.54) is 0 Å². The quantitative estimate of drug-likeness (QED) is 0.809. The number of rotatable bonds is 7. The van der Waals surface area contributed by atoms with Crippen molar-refractivity contribution in [3.8, 4) is 0 Å². The van der Waals surface area contributed by atoms with Gasteiger partial charge in [0.1, 0.15) is 0 Å². The van der Waals surface area contributed by atoms with Crippen LogP contribution in [-0.4, -0.2) is 24.6 Å². The molecule has 0 saturated carbocycles. The zero-order valence-corrected chi connectivity index (χ0v) is 12.9. The topological polar surface area (TPSA) is 12.0 Å². The van der Waals surface area contributed by atoms with E-state index in [2.05, 4.69) is 19.2 Å². The number of halogens is 3. The van der Waals surface area contributed by atoms with E-state index in [0.717, 1.165) is 35.6 Å². The number of nitrogens with one attached hydrogen (secondary N) is 1. The third kappa shape index (κ3) is 6.18. The van der Waals surface area contributed by atoms with Gasteiger partial charge >= 0.3 is 6.18 Å². The van der Waals surface area contributed by atoms with Crippen molar-refractivity contribution >= 4 is 11.8 Å². The third-order valence-electron chi connectivity index (χ3n) is 2.94. The van der Waals surface area contributed by atoms with Crippen molar-refractivity contribution < 1.29 is 13.2 Å². The molecule has 114 valence electrons. The Kier molecular flexibility index (Phi) is 6.89. The standard InChI is InChI=1S/C15H22F3NS/c1-11(2)9-20-10-14(19-3)8-12-4-6-13(7-5-12)15(16,17)18/h4-7,11,14,19H,8-10H2,1-3H3. The lowest BCUT2D eigenvalue weighted by molar-refractivity contribution is -0.137. The van der Waals surface area contributed by atoms with Gasteiger partial charge in [0.2, 0.25) is 0 Å². The highest BCUT2D eigenvalue weighted by Crippen LogP contribution is 2.29. The first-order valence-electron chi connectivity index (χ1n) is 6.74. The summed E-state index contributed by atoms with van der Waals surface area (Å²) in [4.78, 5) is 0. The molecule has 5 heteroatoms. The Balaban J connectivity index is 2.53. The first kappa shape index (κ1) is 17.4. The molecule has 0 bridgehead atoms. The third-order valence-corrected chi connectivity index (χ3v) is 4.48. The van der Waals surface area contributed by atoms with E-state index in [-0.39, 0.29) is 6.04 Å². The van der Waals surface area contributed by atoms with Gasteiger partial charge in [0, 0.05) is 11.8 Å². The maximum Gasteiger partial charge on any atom is 0.416 e. The van der Waals surface area contributed by atoms with Gasteiger partial charge in [0.25, 0.3) is 0 Å². The van der Waals surface area contributed by atoms with Crippen LogP contribution in [-0.2, 0) is 12.6 Å². The highest BCUT2D eigenvalue weighted by Gasteiger charge is 2.29. The summed E-state index contributed by atoms with van der Waals surface area (Å²) in [7, 11) is 1.89. The summed E-state index contributed by atoms with van der Waals surface area (Å²) < 4.78 is 37.4. The summed E-state index contributed by atoms with van der Waals surface area (Å²) in [5, 5.41) is 3.23. The molecule has 1 nitrogen and oxygen atoms in total. The molecule has 1 aromatic carbocycles. The Morgan fingerprint density at radius 3 is 2.15 bits per heavy atom. The average Bonchev–Trinajstić information content (AvgIpc) is 2.36. The smallest absolute Gasteiger partial charge is 0.316 e. The minimum Gasteiger partial charge on any atom is -0.316 e. The second kappa shape index (κ2) is 7.93. The van der Waals surface area contributed by atoms with Gasteiger partial charge in [-0.05, 0) is 42.8 Å². The molecule has 0 amide bonds. The summed E-state index contributed by atoms with van der Waals surface area (Å²) >= 11 is 1.88. The molecule has 0 aliphatic heterocycles. The van der Waals surface area contributed by atoms with Crippen molar-refractivity contribution in [2.45, 2.75) is 32.5 Å². The van der Waals surface area contributed by atoms with E-state index in [0.29, 0.717) is 5.92 Å². The summed E-state index contributed by atoms with van der Waals surface area (Å²) in [5.74, 6) is 2.73. The van der Waals surface area contributed by atoms with E-state index < -0.39 is 11.7 Å². The molecule has 0 saturated heterocycles. The first-order valence-corrected chi connectivity index (χ1v) is 7.89. The second-order valence-electron chi connectivity index (χ2n) is 5.32. The molecule has 20 heavy (non-hydrogen) atoms. The van der Waals surface area contributed by atoms with Crippen LogP contribution >= 0.6 is 11.8 Å². The van der Waals surface area contributed by atoms with Crippen LogP contribution in [0.25, 0.3) is 0 Å². The molecule has 0 heterocycles. The molecule has 1 rings (SSSR count). The van der Waals surface area contributed by atoms with Crippen LogP contribution in [0.2, 0.25) is 0 Å². The van der Waals surface area contributed by atoms with Crippen molar-refractivity contribution in [2.24, 2.45) is 5.92 Å². The molecule has 1 unspecified atom stereocenters. The average molecular weight is 305 g/mol. The Labute approximate surface area is 123 Å². The van der Waals surface area contributed by atoms with Crippen LogP contribution in [0.5, 0.6) is 0 Å². The van der Waals surface area contributed by atoms with Crippen LogP contribution in [0.3, 0.4) is 0 Å². The van der Waals surface area contributed by atoms with Crippen LogP contribution in [0, 0.1) is 5.92 Å². The first-order chi connectivity index (χ1) is 9.32. The molecule has 0 aromatic heterocycles. The van der Waals surface area contributed by atoms with Crippen LogP contribution in [0.1, 0.15) is 25.0 Å². The molecular weight excluding hydrogens is 283 g/mol. The van der Waals surface area contributed by atoms with E-state index >= 15 is 0 Å². The maximum atomic E-state index is 12.5. The molecule has 0 fully saturated rings. The highest BCUT2D eigenvalue weighted by atomic mass is 32.2. The predicted octanol–water partition coefficient (Wildman–Crippen LogP) is 4.23. The molecule has 1 N–H and O–H groups in total. The zero-order valence-electron chi connectivity index (χ0n) is 12.1. The van der Waals surface area contributed by atoms with Crippen LogP contribution in [0.15, 0.2) is 24.3 Å². The van der Waals surface area contributed by atoms with E-state index in [9.17, 15) is 13.2 Å². The summed E-state index contributed by atoms with van der Waals surface area (Å²) in [6.45, 7) is 4.36. The van der Waals surface area contributed by atoms with E-state index in [4.69, 9.17) is 0 Å². The van der Waals surface area contributed by atoms with Gasteiger partial charge < -0.3 is 5.32 Å². The van der Waals surface area contributed by atoms with Crippen molar-refractivity contribution in [3.63, 3.8) is 0 Å². The van der Waals surface area contributed by atoms with Gasteiger partial charge in [0.05, 0.1) is 5.56 Å². The van der Waals surface area contributed by atoms with Gasteiger partial charge in [-0.2, -0.15) is 24.9 Å². The Morgan fingerprint density at radius 2 is 1.70 bits per heavy atom. The fourth-order valence-corrected chi connectivity index (χ4v) is 2.98. The maximum absolute atomic E-state index is 12.5. The van der Waals surface area contributed by atoms with Gasteiger partial charge in [0.15, 0.2) is 0 Å². The SMILES string of the molecule is CNC(CSCC(C)C)Cc1ccc(C(F)(F)F)cc1. The summed E-state index contributed by atoms with van der Waals surface area (Å²) in [6.07, 6.45) is -3.51. The van der Waals surface area contributed by atoms with E-state index in [1.807, 2.05) is 18.8 Å². The lowest BCUT2D eigenvalue weighted by atomic mass is 10.1. The summed E-state index contributed by atoms with van der Waals surface area (Å²) in [5.41, 5.74) is 0.346. The molecule has 0 radical (unpaired) electrons. The number of likely N-dealkylation sites (N-methyl/N-ethyl adjacent to an activating group) is 1. The lowest BCUT2D eigenvalue weighted by Gasteiger charge is -2.17. The Bertz CT molecular complexity index is 387. The van der Waals surface area contributed by atoms with Gasteiger partial charge in [-0.1, -0.05) is 26.0 Å². The largest absolute Gasteiger partial charge is 0.416 e. The van der Waals surface area contributed by atoms with Crippen molar-refractivity contribution in [1.29, 1.82) is 0 Å². The van der Waals surface area contributed by atoms with Crippen molar-refractivity contribution in [1.82, 2.24) is 5.32 Å². The lowest BCUT2D eigenvalue weighted by Crippen LogP contribution is -2.30. The molecule has 1 aromatic rings. The minimum absolute atomic E-state index is 0.287. The van der Waals surface area contributed by atoms with Gasteiger partial charge in [-0.15, -0.1) is 0 Å². The van der Waals surface area contributed by atoms with Gasteiger partial charge in [-0.3, -0.25) is 0 Å².